The topological polar surface area (TPSA) is 17.8 Å². The molecule has 8 aromatic rings. The molecule has 7 aromatic carbocycles. The van der Waals surface area contributed by atoms with Crippen molar-refractivity contribution in [1.82, 2.24) is 9.55 Å². The van der Waals surface area contributed by atoms with Crippen molar-refractivity contribution in [3.05, 3.63) is 146 Å². The summed E-state index contributed by atoms with van der Waals surface area (Å²) in [5.74, 6) is 0.949. The normalized spacial score (nSPS) is 12.5. The Morgan fingerprint density at radius 2 is 1.32 bits per heavy atom. The average Bonchev–Trinajstić information content (AvgIpc) is 3.46. The number of rotatable bonds is 6. The van der Waals surface area contributed by atoms with Crippen LogP contribution in [0.4, 0.5) is 0 Å². The molecule has 0 aliphatic rings. The monoisotopic (exact) mass is 564 g/mol. The molecule has 0 aliphatic carbocycles. The fourth-order valence-corrected chi connectivity index (χ4v) is 6.75. The van der Waals surface area contributed by atoms with E-state index in [-0.39, 0.29) is 0 Å². The molecule has 1 heterocycles. The lowest BCUT2D eigenvalue weighted by molar-refractivity contribution is 1.11. The molecule has 0 N–H and O–H groups in total. The third-order valence-corrected chi connectivity index (χ3v) is 8.75. The van der Waals surface area contributed by atoms with Gasteiger partial charge in [-0.1, -0.05) is 134 Å². The van der Waals surface area contributed by atoms with Gasteiger partial charge in [0, 0.05) is 11.3 Å². The lowest BCUT2D eigenvalue weighted by Crippen LogP contribution is -1.98. The largest absolute Gasteiger partial charge is 0.293 e. The molecule has 0 saturated carbocycles. The highest BCUT2D eigenvalue weighted by molar-refractivity contribution is 6.25. The van der Waals surface area contributed by atoms with E-state index in [0.29, 0.717) is 0 Å². The van der Waals surface area contributed by atoms with Gasteiger partial charge in [-0.2, -0.15) is 0 Å². The lowest BCUT2D eigenvalue weighted by Gasteiger charge is -2.15. The van der Waals surface area contributed by atoms with Crippen molar-refractivity contribution in [3.63, 3.8) is 0 Å². The zero-order valence-corrected chi connectivity index (χ0v) is 25.0. The first-order valence-corrected chi connectivity index (χ1v) is 15.4. The summed E-state index contributed by atoms with van der Waals surface area (Å²) in [7, 11) is 0. The highest BCUT2D eigenvalue weighted by Gasteiger charge is 2.17. The van der Waals surface area contributed by atoms with Crippen LogP contribution in [0.1, 0.15) is 20.3 Å². The van der Waals surface area contributed by atoms with Crippen molar-refractivity contribution in [2.45, 2.75) is 20.3 Å². The summed E-state index contributed by atoms with van der Waals surface area (Å²) in [4.78, 5) is 5.25. The van der Waals surface area contributed by atoms with Crippen molar-refractivity contribution in [2.24, 2.45) is 0 Å². The van der Waals surface area contributed by atoms with Crippen LogP contribution < -0.4 is 0 Å². The molecule has 0 aliphatic heterocycles. The lowest BCUT2D eigenvalue weighted by atomic mass is 9.90. The number of fused-ring (bicyclic) bond motifs is 1. The zero-order valence-electron chi connectivity index (χ0n) is 25.0. The summed E-state index contributed by atoms with van der Waals surface area (Å²) in [5.41, 5.74) is 9.15. The van der Waals surface area contributed by atoms with E-state index in [0.717, 1.165) is 34.5 Å². The fourth-order valence-electron chi connectivity index (χ4n) is 6.75. The summed E-state index contributed by atoms with van der Waals surface area (Å²) in [6.45, 7) is 4.25. The quantitative estimate of drug-likeness (QED) is 0.145. The van der Waals surface area contributed by atoms with Crippen LogP contribution in [0.3, 0.4) is 0 Å². The van der Waals surface area contributed by atoms with Crippen LogP contribution in [-0.4, -0.2) is 9.55 Å². The van der Waals surface area contributed by atoms with Crippen molar-refractivity contribution in [1.29, 1.82) is 0 Å². The minimum atomic E-state index is 0.939. The summed E-state index contributed by atoms with van der Waals surface area (Å²) >= 11 is 0. The molecule has 2 heteroatoms. The number of allylic oxidation sites excluding steroid dienone is 4. The number of aromatic nitrogens is 2. The molecule has 0 bridgehead atoms. The van der Waals surface area contributed by atoms with Gasteiger partial charge < -0.3 is 0 Å². The molecular formula is C42H32N2. The molecule has 0 saturated heterocycles. The molecule has 44 heavy (non-hydrogen) atoms. The molecule has 0 unspecified atom stereocenters. The van der Waals surface area contributed by atoms with E-state index in [2.05, 4.69) is 164 Å². The first-order chi connectivity index (χ1) is 21.7. The van der Waals surface area contributed by atoms with Crippen molar-refractivity contribution >= 4 is 49.0 Å². The Kier molecular flexibility index (Phi) is 6.34. The zero-order chi connectivity index (χ0) is 29.6. The van der Waals surface area contributed by atoms with Gasteiger partial charge in [-0.25, -0.2) is 4.98 Å². The maximum absolute atomic E-state index is 5.25. The summed E-state index contributed by atoms with van der Waals surface area (Å²) < 4.78 is 2.30. The van der Waals surface area contributed by atoms with Crippen molar-refractivity contribution < 1.29 is 0 Å². The Morgan fingerprint density at radius 3 is 2.07 bits per heavy atom. The van der Waals surface area contributed by atoms with Crippen LogP contribution in [-0.2, 0) is 0 Å². The molecule has 0 spiro atoms. The first-order valence-electron chi connectivity index (χ1n) is 15.4. The van der Waals surface area contributed by atoms with Crippen LogP contribution in [0.15, 0.2) is 146 Å². The van der Waals surface area contributed by atoms with E-state index in [1.165, 1.54) is 54.6 Å². The van der Waals surface area contributed by atoms with Gasteiger partial charge in [-0.3, -0.25) is 4.57 Å². The van der Waals surface area contributed by atoms with Gasteiger partial charge in [0.25, 0.3) is 0 Å². The number of hydrogen-bond donors (Lipinski definition) is 0. The Hall–Kier alpha value is -5.47. The molecule has 1 aromatic heterocycles. The van der Waals surface area contributed by atoms with Gasteiger partial charge in [-0.05, 0) is 86.1 Å². The Balaban J connectivity index is 1.28. The molecule has 8 rings (SSSR count). The summed E-state index contributed by atoms with van der Waals surface area (Å²) in [5, 5.41) is 7.86. The first kappa shape index (κ1) is 26.2. The van der Waals surface area contributed by atoms with Crippen LogP contribution >= 0.6 is 0 Å². The second kappa shape index (κ2) is 10.7. The second-order valence-corrected chi connectivity index (χ2v) is 11.4. The van der Waals surface area contributed by atoms with Crippen molar-refractivity contribution in [2.75, 3.05) is 0 Å². The molecular weight excluding hydrogens is 532 g/mol. The van der Waals surface area contributed by atoms with Gasteiger partial charge in [0.2, 0.25) is 0 Å². The third-order valence-electron chi connectivity index (χ3n) is 8.75. The van der Waals surface area contributed by atoms with Gasteiger partial charge in [0.1, 0.15) is 5.82 Å². The molecule has 0 radical (unpaired) electrons. The number of benzene rings is 7. The highest BCUT2D eigenvalue weighted by Crippen LogP contribution is 2.40. The fraction of sp³-hybridized carbons (Fsp3) is 0.0714. The number of nitrogens with zero attached hydrogens (tertiary/aromatic N) is 2. The number of imidazole rings is 1. The summed E-state index contributed by atoms with van der Waals surface area (Å²) in [6.07, 6.45) is 7.49. The molecule has 0 amide bonds. The van der Waals surface area contributed by atoms with E-state index < -0.39 is 0 Å². The molecule has 0 atom stereocenters. The predicted molar refractivity (Wildman–Crippen MR) is 189 cm³/mol. The van der Waals surface area contributed by atoms with Crippen LogP contribution in [0.5, 0.6) is 0 Å². The minimum absolute atomic E-state index is 0.939. The SMILES string of the molecule is C/C=C\C(=C/CC)n1c(-c2ccc(-c3ccc4ccc5cccc6ccc3c4c56)cc2)nc2cc(-c3ccccc3)ccc21. The van der Waals surface area contributed by atoms with Crippen LogP contribution in [0, 0.1) is 0 Å². The van der Waals surface area contributed by atoms with Gasteiger partial charge in [0.15, 0.2) is 0 Å². The average molecular weight is 565 g/mol. The minimum Gasteiger partial charge on any atom is -0.293 e. The predicted octanol–water partition coefficient (Wildman–Crippen LogP) is 11.8. The van der Waals surface area contributed by atoms with Gasteiger partial charge >= 0.3 is 0 Å². The smallest absolute Gasteiger partial charge is 0.145 e. The van der Waals surface area contributed by atoms with Crippen molar-refractivity contribution in [3.8, 4) is 33.6 Å². The Bertz CT molecular complexity index is 2340. The summed E-state index contributed by atoms with van der Waals surface area (Å²) in [6, 6.07) is 46.2. The number of hydrogen-bond acceptors (Lipinski definition) is 1. The maximum atomic E-state index is 5.25. The van der Waals surface area contributed by atoms with E-state index in [9.17, 15) is 0 Å². The standard InChI is InChI=1S/C42H32N2/c1-3-9-35(10-4-2)44-39-26-23-34(28-11-6-5-7-12-28)27-38(39)43-42(44)33-19-15-29(16-20-33)36-24-21-32-18-17-30-13-8-14-31-22-25-37(36)41(32)40(30)31/h3,5-27H,4H2,1-2H3/b9-3-,35-10+. The van der Waals surface area contributed by atoms with Gasteiger partial charge in [-0.15, -0.1) is 0 Å². The third kappa shape index (κ3) is 4.22. The van der Waals surface area contributed by atoms with E-state index in [4.69, 9.17) is 4.98 Å². The van der Waals surface area contributed by atoms with Gasteiger partial charge in [0.05, 0.1) is 11.0 Å². The van der Waals surface area contributed by atoms with E-state index >= 15 is 0 Å². The second-order valence-electron chi connectivity index (χ2n) is 11.4. The Morgan fingerprint density at radius 1 is 0.636 bits per heavy atom. The van der Waals surface area contributed by atoms with E-state index in [1.807, 2.05) is 0 Å². The Labute approximate surface area is 257 Å². The van der Waals surface area contributed by atoms with Crippen LogP contribution in [0.2, 0.25) is 0 Å². The van der Waals surface area contributed by atoms with Crippen LogP contribution in [0.25, 0.3) is 82.7 Å². The highest BCUT2D eigenvalue weighted by atomic mass is 15.1. The molecule has 0 fully saturated rings. The molecule has 2 nitrogen and oxygen atoms in total. The van der Waals surface area contributed by atoms with E-state index in [1.54, 1.807) is 0 Å². The molecule has 210 valence electrons. The maximum Gasteiger partial charge on any atom is 0.145 e.